The topological polar surface area (TPSA) is 75.3 Å². The number of nitrogens with zero attached hydrogens (tertiary/aromatic N) is 2. The van der Waals surface area contributed by atoms with Crippen molar-refractivity contribution < 1.29 is 14.2 Å². The predicted molar refractivity (Wildman–Crippen MR) is 80.5 cm³/mol. The van der Waals surface area contributed by atoms with E-state index in [0.717, 1.165) is 0 Å². The molecule has 6 heteroatoms. The van der Waals surface area contributed by atoms with Crippen LogP contribution in [0.4, 0.5) is 0 Å². The molecule has 0 N–H and O–H groups in total. The van der Waals surface area contributed by atoms with E-state index in [1.165, 1.54) is 26.4 Å². The maximum absolute atomic E-state index is 9.10. The molecule has 2 aromatic carbocycles. The molecule has 0 amide bonds. The Morgan fingerprint density at radius 3 is 2.14 bits per heavy atom. The first-order chi connectivity index (χ1) is 10.6. The number of halogens is 1. The van der Waals surface area contributed by atoms with Crippen LogP contribution in [-0.2, 0) is 0 Å². The summed E-state index contributed by atoms with van der Waals surface area (Å²) >= 11 is 6.01. The Kier molecular flexibility index (Phi) is 4.73. The molecule has 0 bridgehead atoms. The molecule has 0 aliphatic rings. The van der Waals surface area contributed by atoms with Gasteiger partial charge in [0.25, 0.3) is 0 Å². The van der Waals surface area contributed by atoms with Crippen molar-refractivity contribution in [2.45, 2.75) is 0 Å². The van der Waals surface area contributed by atoms with Crippen LogP contribution in [0.1, 0.15) is 11.1 Å². The van der Waals surface area contributed by atoms with Crippen LogP contribution in [0.5, 0.6) is 23.0 Å². The smallest absolute Gasteiger partial charge is 0.210 e. The third-order valence-corrected chi connectivity index (χ3v) is 3.20. The fraction of sp³-hybridized carbons (Fsp3) is 0.125. The first-order valence-electron chi connectivity index (χ1n) is 6.17. The van der Waals surface area contributed by atoms with E-state index in [9.17, 15) is 0 Å². The van der Waals surface area contributed by atoms with Gasteiger partial charge in [-0.05, 0) is 12.1 Å². The highest BCUT2D eigenvalue weighted by Gasteiger charge is 2.15. The minimum Gasteiger partial charge on any atom is -0.493 e. The van der Waals surface area contributed by atoms with Crippen LogP contribution in [0.2, 0.25) is 5.02 Å². The van der Waals surface area contributed by atoms with Crippen LogP contribution in [0, 0.1) is 22.7 Å². The van der Waals surface area contributed by atoms with Gasteiger partial charge in [0.05, 0.1) is 30.4 Å². The standard InChI is InChI=1S/C16H11ClN2O3/c1-20-14-4-3-5-15(21-2)16(14)22-11-6-10(8-18)12(9-19)13(17)7-11/h3-7H,1-2H3. The van der Waals surface area contributed by atoms with E-state index in [1.807, 2.05) is 12.1 Å². The van der Waals surface area contributed by atoms with Gasteiger partial charge in [0, 0.05) is 12.1 Å². The largest absolute Gasteiger partial charge is 0.493 e. The van der Waals surface area contributed by atoms with Crippen LogP contribution < -0.4 is 14.2 Å². The average molecular weight is 315 g/mol. The van der Waals surface area contributed by atoms with Gasteiger partial charge in [-0.1, -0.05) is 17.7 Å². The van der Waals surface area contributed by atoms with E-state index < -0.39 is 0 Å². The molecule has 0 saturated carbocycles. The maximum Gasteiger partial charge on any atom is 0.210 e. The average Bonchev–Trinajstić information content (AvgIpc) is 2.54. The lowest BCUT2D eigenvalue weighted by molar-refractivity contribution is 0.346. The summed E-state index contributed by atoms with van der Waals surface area (Å²) in [4.78, 5) is 0. The Hall–Kier alpha value is -2.89. The third kappa shape index (κ3) is 2.90. The van der Waals surface area contributed by atoms with Gasteiger partial charge in [0.15, 0.2) is 11.5 Å². The van der Waals surface area contributed by atoms with Crippen molar-refractivity contribution in [3.05, 3.63) is 46.5 Å². The van der Waals surface area contributed by atoms with Crippen LogP contribution in [0.25, 0.3) is 0 Å². The van der Waals surface area contributed by atoms with Gasteiger partial charge in [-0.2, -0.15) is 10.5 Å². The summed E-state index contributed by atoms with van der Waals surface area (Å²) in [5, 5.41) is 18.3. The second kappa shape index (κ2) is 6.71. The van der Waals surface area contributed by atoms with Gasteiger partial charge in [0.1, 0.15) is 17.9 Å². The molecule has 0 fully saturated rings. The van der Waals surface area contributed by atoms with E-state index in [2.05, 4.69) is 0 Å². The van der Waals surface area contributed by atoms with E-state index >= 15 is 0 Å². The van der Waals surface area contributed by atoms with Crippen molar-refractivity contribution in [2.75, 3.05) is 14.2 Å². The number of ether oxygens (including phenoxy) is 3. The Morgan fingerprint density at radius 1 is 1.00 bits per heavy atom. The van der Waals surface area contributed by atoms with Crippen molar-refractivity contribution in [1.82, 2.24) is 0 Å². The molecule has 0 saturated heterocycles. The molecule has 5 nitrogen and oxygen atoms in total. The Labute approximate surface area is 132 Å². The van der Waals surface area contributed by atoms with E-state index in [1.54, 1.807) is 18.2 Å². The predicted octanol–water partition coefficient (Wildman–Crippen LogP) is 3.89. The van der Waals surface area contributed by atoms with Crippen molar-refractivity contribution >= 4 is 11.6 Å². The van der Waals surface area contributed by atoms with Gasteiger partial charge >= 0.3 is 0 Å². The first-order valence-corrected chi connectivity index (χ1v) is 6.55. The Balaban J connectivity index is 2.51. The highest BCUT2D eigenvalue weighted by Crippen LogP contribution is 2.41. The zero-order chi connectivity index (χ0) is 16.1. The fourth-order valence-electron chi connectivity index (χ4n) is 1.88. The molecule has 0 atom stereocenters. The summed E-state index contributed by atoms with van der Waals surface area (Å²) in [6, 6.07) is 11.9. The molecule has 0 spiro atoms. The number of methoxy groups -OCH3 is 2. The lowest BCUT2D eigenvalue weighted by Crippen LogP contribution is -1.95. The number of hydrogen-bond acceptors (Lipinski definition) is 5. The molecule has 22 heavy (non-hydrogen) atoms. The van der Waals surface area contributed by atoms with Gasteiger partial charge in [-0.25, -0.2) is 0 Å². The van der Waals surface area contributed by atoms with E-state index in [4.69, 9.17) is 36.3 Å². The maximum atomic E-state index is 9.10. The number of benzene rings is 2. The van der Waals surface area contributed by atoms with Gasteiger partial charge < -0.3 is 14.2 Å². The molecular weight excluding hydrogens is 304 g/mol. The van der Waals surface area contributed by atoms with Gasteiger partial charge in [-0.3, -0.25) is 0 Å². The normalized spacial score (nSPS) is 9.50. The summed E-state index contributed by atoms with van der Waals surface area (Å²) in [6.07, 6.45) is 0. The number of rotatable bonds is 4. The second-order valence-electron chi connectivity index (χ2n) is 4.14. The number of nitriles is 2. The van der Waals surface area contributed by atoms with Crippen molar-refractivity contribution in [3.8, 4) is 35.1 Å². The minimum absolute atomic E-state index is 0.114. The highest BCUT2D eigenvalue weighted by molar-refractivity contribution is 6.32. The van der Waals surface area contributed by atoms with Crippen LogP contribution >= 0.6 is 11.6 Å². The number of hydrogen-bond donors (Lipinski definition) is 0. The molecular formula is C16H11ClN2O3. The van der Waals surface area contributed by atoms with Crippen molar-refractivity contribution in [2.24, 2.45) is 0 Å². The summed E-state index contributed by atoms with van der Waals surface area (Å²) in [5.74, 6) is 1.61. The summed E-state index contributed by atoms with van der Waals surface area (Å²) < 4.78 is 16.2. The van der Waals surface area contributed by atoms with Crippen molar-refractivity contribution in [3.63, 3.8) is 0 Å². The minimum atomic E-state index is 0.114. The fourth-order valence-corrected chi connectivity index (χ4v) is 2.13. The van der Waals surface area contributed by atoms with Crippen LogP contribution in [-0.4, -0.2) is 14.2 Å². The SMILES string of the molecule is COc1cccc(OC)c1Oc1cc(Cl)c(C#N)c(C#N)c1. The van der Waals surface area contributed by atoms with E-state index in [-0.39, 0.29) is 16.1 Å². The quantitative estimate of drug-likeness (QED) is 0.855. The number of para-hydroxylation sites is 1. The zero-order valence-electron chi connectivity index (χ0n) is 11.9. The molecule has 0 heterocycles. The highest BCUT2D eigenvalue weighted by atomic mass is 35.5. The Morgan fingerprint density at radius 2 is 1.64 bits per heavy atom. The summed E-state index contributed by atoms with van der Waals surface area (Å²) in [6.45, 7) is 0. The third-order valence-electron chi connectivity index (χ3n) is 2.90. The molecule has 0 aromatic heterocycles. The monoisotopic (exact) mass is 314 g/mol. The molecule has 0 aliphatic carbocycles. The van der Waals surface area contributed by atoms with Gasteiger partial charge in [-0.15, -0.1) is 0 Å². The second-order valence-corrected chi connectivity index (χ2v) is 4.55. The molecule has 0 radical (unpaired) electrons. The zero-order valence-corrected chi connectivity index (χ0v) is 12.6. The molecule has 2 rings (SSSR count). The van der Waals surface area contributed by atoms with Crippen molar-refractivity contribution in [1.29, 1.82) is 10.5 Å². The lowest BCUT2D eigenvalue weighted by atomic mass is 10.1. The van der Waals surface area contributed by atoms with Crippen LogP contribution in [0.3, 0.4) is 0 Å². The summed E-state index contributed by atoms with van der Waals surface area (Å²) in [7, 11) is 3.02. The van der Waals surface area contributed by atoms with Gasteiger partial charge in [0.2, 0.25) is 5.75 Å². The molecule has 2 aromatic rings. The Bertz CT molecular complexity index is 769. The molecule has 110 valence electrons. The van der Waals surface area contributed by atoms with E-state index in [0.29, 0.717) is 23.0 Å². The first kappa shape index (κ1) is 15.5. The summed E-state index contributed by atoms with van der Waals surface area (Å²) in [5.41, 5.74) is 0.252. The lowest BCUT2D eigenvalue weighted by Gasteiger charge is -2.14. The van der Waals surface area contributed by atoms with Crippen LogP contribution in [0.15, 0.2) is 30.3 Å². The molecule has 0 unspecified atom stereocenters. The molecule has 0 aliphatic heterocycles.